The Morgan fingerprint density at radius 1 is 1.04 bits per heavy atom. The minimum Gasteiger partial charge on any atom is -0.466 e. The fourth-order valence-corrected chi connectivity index (χ4v) is 3.27. The Morgan fingerprint density at radius 3 is 2.16 bits per heavy atom. The highest BCUT2D eigenvalue weighted by Gasteiger charge is 2.44. The van der Waals surface area contributed by atoms with Crippen molar-refractivity contribution in [2.45, 2.75) is 45.4 Å². The van der Waals surface area contributed by atoms with Crippen LogP contribution in [0.2, 0.25) is 0 Å². The van der Waals surface area contributed by atoms with E-state index in [1.165, 1.54) is 0 Å². The molecule has 1 aliphatic carbocycles. The molecule has 6 heteroatoms. The molecule has 2 N–H and O–H groups in total. The molecule has 0 heterocycles. The quantitative estimate of drug-likeness (QED) is 0.728. The Bertz CT molecular complexity index is 562. The van der Waals surface area contributed by atoms with Crippen molar-refractivity contribution in [2.24, 2.45) is 11.8 Å². The molecule has 2 rings (SSSR count). The number of ether oxygens (including phenoxy) is 2. The van der Waals surface area contributed by atoms with E-state index in [4.69, 9.17) is 9.47 Å². The highest BCUT2D eigenvalue weighted by molar-refractivity contribution is 5.82. The van der Waals surface area contributed by atoms with E-state index in [1.54, 1.807) is 13.8 Å². The van der Waals surface area contributed by atoms with Gasteiger partial charge in [-0.3, -0.25) is 9.59 Å². The lowest BCUT2D eigenvalue weighted by Crippen LogP contribution is -2.51. The van der Waals surface area contributed by atoms with Gasteiger partial charge in [0.05, 0.1) is 31.2 Å². The van der Waals surface area contributed by atoms with Gasteiger partial charge in [0.25, 0.3) is 0 Å². The summed E-state index contributed by atoms with van der Waals surface area (Å²) < 4.78 is 10.2. The van der Waals surface area contributed by atoms with Gasteiger partial charge < -0.3 is 19.9 Å². The molecule has 25 heavy (non-hydrogen) atoms. The number of aliphatic hydroxyl groups is 1. The van der Waals surface area contributed by atoms with Gasteiger partial charge in [-0.05, 0) is 32.3 Å². The minimum absolute atomic E-state index is 0.189. The Hall–Kier alpha value is -1.92. The molecule has 6 nitrogen and oxygen atoms in total. The van der Waals surface area contributed by atoms with Crippen LogP contribution in [-0.4, -0.2) is 42.4 Å². The molecule has 0 aliphatic heterocycles. The van der Waals surface area contributed by atoms with Crippen molar-refractivity contribution < 1.29 is 24.2 Å². The number of carbonyl (C=O) groups is 2. The zero-order chi connectivity index (χ0) is 18.2. The van der Waals surface area contributed by atoms with Gasteiger partial charge >= 0.3 is 11.9 Å². The van der Waals surface area contributed by atoms with Crippen LogP contribution in [0.1, 0.15) is 32.3 Å². The summed E-state index contributed by atoms with van der Waals surface area (Å²) in [7, 11) is 0. The van der Waals surface area contributed by atoms with Crippen molar-refractivity contribution in [1.82, 2.24) is 5.32 Å². The second-order valence-corrected chi connectivity index (χ2v) is 6.23. The first-order valence-electron chi connectivity index (χ1n) is 8.85. The molecule has 1 aromatic rings. The Morgan fingerprint density at radius 2 is 1.60 bits per heavy atom. The van der Waals surface area contributed by atoms with Crippen molar-refractivity contribution in [2.75, 3.05) is 13.2 Å². The molecule has 0 saturated heterocycles. The summed E-state index contributed by atoms with van der Waals surface area (Å²) in [5, 5.41) is 13.7. The molecule has 1 aromatic carbocycles. The van der Waals surface area contributed by atoms with Crippen LogP contribution < -0.4 is 5.32 Å². The molecule has 138 valence electrons. The van der Waals surface area contributed by atoms with Crippen LogP contribution in [0.4, 0.5) is 0 Å². The Balaban J connectivity index is 2.05. The highest BCUT2D eigenvalue weighted by atomic mass is 16.5. The first-order chi connectivity index (χ1) is 12.1. The van der Waals surface area contributed by atoms with Gasteiger partial charge in [0.1, 0.15) is 0 Å². The molecule has 0 unspecified atom stereocenters. The van der Waals surface area contributed by atoms with Crippen molar-refractivity contribution in [3.8, 4) is 0 Å². The summed E-state index contributed by atoms with van der Waals surface area (Å²) >= 11 is 0. The van der Waals surface area contributed by atoms with Crippen LogP contribution >= 0.6 is 0 Å². The summed E-state index contributed by atoms with van der Waals surface area (Å²) in [4.78, 5) is 24.5. The van der Waals surface area contributed by atoms with Crippen LogP contribution in [0.5, 0.6) is 0 Å². The lowest BCUT2D eigenvalue weighted by Gasteiger charge is -2.37. The van der Waals surface area contributed by atoms with E-state index in [2.05, 4.69) is 5.32 Å². The second-order valence-electron chi connectivity index (χ2n) is 6.23. The molecular weight excluding hydrogens is 322 g/mol. The van der Waals surface area contributed by atoms with Gasteiger partial charge in [-0.15, -0.1) is 0 Å². The number of hydrogen-bond donors (Lipinski definition) is 2. The van der Waals surface area contributed by atoms with Crippen molar-refractivity contribution in [3.63, 3.8) is 0 Å². The average Bonchev–Trinajstić information content (AvgIpc) is 2.61. The molecular formula is C19H27NO5. The summed E-state index contributed by atoms with van der Waals surface area (Å²) in [5.41, 5.74) is 1.09. The number of nitrogens with one attached hydrogen (secondary N) is 1. The van der Waals surface area contributed by atoms with Crippen molar-refractivity contribution >= 4 is 11.9 Å². The molecule has 0 bridgehead atoms. The van der Waals surface area contributed by atoms with Gasteiger partial charge in [-0.2, -0.15) is 0 Å². The molecule has 1 saturated carbocycles. The topological polar surface area (TPSA) is 84.9 Å². The maximum atomic E-state index is 12.3. The number of hydrogen-bond acceptors (Lipinski definition) is 6. The van der Waals surface area contributed by atoms with Crippen LogP contribution in [0, 0.1) is 11.8 Å². The zero-order valence-electron chi connectivity index (χ0n) is 14.8. The summed E-state index contributed by atoms with van der Waals surface area (Å²) in [6.45, 7) is 4.55. The third kappa shape index (κ3) is 5.28. The largest absolute Gasteiger partial charge is 0.466 e. The van der Waals surface area contributed by atoms with E-state index >= 15 is 0 Å². The Labute approximate surface area is 148 Å². The van der Waals surface area contributed by atoms with Gasteiger partial charge in [-0.1, -0.05) is 30.3 Å². The molecule has 0 aromatic heterocycles. The van der Waals surface area contributed by atoms with Crippen LogP contribution in [0.15, 0.2) is 30.3 Å². The van der Waals surface area contributed by atoms with E-state index < -0.39 is 29.9 Å². The fraction of sp³-hybridized carbons (Fsp3) is 0.579. The number of carbonyl (C=O) groups excluding carboxylic acids is 2. The predicted molar refractivity (Wildman–Crippen MR) is 92.6 cm³/mol. The van der Waals surface area contributed by atoms with E-state index in [9.17, 15) is 14.7 Å². The number of aliphatic hydroxyl groups excluding tert-OH is 1. The fourth-order valence-electron chi connectivity index (χ4n) is 3.27. The van der Waals surface area contributed by atoms with Crippen LogP contribution in [-0.2, 0) is 25.6 Å². The number of benzene rings is 1. The molecule has 1 fully saturated rings. The lowest BCUT2D eigenvalue weighted by molar-refractivity contribution is -0.165. The summed E-state index contributed by atoms with van der Waals surface area (Å²) in [6, 6.07) is 9.55. The van der Waals surface area contributed by atoms with Gasteiger partial charge in [-0.25, -0.2) is 0 Å². The molecule has 0 radical (unpaired) electrons. The maximum absolute atomic E-state index is 12.3. The van der Waals surface area contributed by atoms with Gasteiger partial charge in [0.15, 0.2) is 0 Å². The molecule has 0 spiro atoms. The third-order valence-corrected chi connectivity index (χ3v) is 4.54. The molecule has 4 atom stereocenters. The molecule has 1 aliphatic rings. The van der Waals surface area contributed by atoms with E-state index in [-0.39, 0.29) is 25.7 Å². The van der Waals surface area contributed by atoms with E-state index in [1.807, 2.05) is 30.3 Å². The second kappa shape index (κ2) is 9.53. The van der Waals surface area contributed by atoms with Crippen molar-refractivity contribution in [3.05, 3.63) is 35.9 Å². The van der Waals surface area contributed by atoms with Crippen LogP contribution in [0.3, 0.4) is 0 Å². The average molecular weight is 349 g/mol. The lowest BCUT2D eigenvalue weighted by atomic mass is 9.75. The smallest absolute Gasteiger partial charge is 0.309 e. The SMILES string of the molecule is CCOC(=O)[C@H]1C[C@H](NCc2ccccc2)[C@@H](O)C[C@@H]1C(=O)OCC. The zero-order valence-corrected chi connectivity index (χ0v) is 14.8. The van der Waals surface area contributed by atoms with Gasteiger partial charge in [0, 0.05) is 12.6 Å². The first kappa shape index (κ1) is 19.4. The van der Waals surface area contributed by atoms with Crippen molar-refractivity contribution in [1.29, 1.82) is 0 Å². The summed E-state index contributed by atoms with van der Waals surface area (Å²) in [5.74, 6) is -2.11. The minimum atomic E-state index is -0.719. The van der Waals surface area contributed by atoms with Gasteiger partial charge in [0.2, 0.25) is 0 Å². The predicted octanol–water partition coefficient (Wildman–Crippen LogP) is 1.66. The highest BCUT2D eigenvalue weighted by Crippen LogP contribution is 2.33. The maximum Gasteiger partial charge on any atom is 0.309 e. The van der Waals surface area contributed by atoms with E-state index in [0.29, 0.717) is 13.0 Å². The third-order valence-electron chi connectivity index (χ3n) is 4.54. The van der Waals surface area contributed by atoms with Crippen LogP contribution in [0.25, 0.3) is 0 Å². The standard InChI is InChI=1S/C19H27NO5/c1-3-24-18(22)14-10-16(20-12-13-8-6-5-7-9-13)17(21)11-15(14)19(23)25-4-2/h5-9,14-17,20-21H,3-4,10-12H2,1-2H3/t14-,15-,16-,17-/m0/s1. The number of esters is 2. The first-order valence-corrected chi connectivity index (χ1v) is 8.85. The molecule has 0 amide bonds. The van der Waals surface area contributed by atoms with E-state index in [0.717, 1.165) is 5.56 Å². The normalized spacial score (nSPS) is 26.0. The Kier molecular flexibility index (Phi) is 7.40. The summed E-state index contributed by atoms with van der Waals surface area (Å²) in [6.07, 6.45) is -0.186. The monoisotopic (exact) mass is 349 g/mol. The number of rotatable bonds is 7.